The fourth-order valence-corrected chi connectivity index (χ4v) is 6.36. The minimum atomic E-state index is -4.39. The van der Waals surface area contributed by atoms with Gasteiger partial charge in [0, 0.05) is 17.7 Å². The number of pyridine rings is 1. The molecule has 1 aromatic carbocycles. The summed E-state index contributed by atoms with van der Waals surface area (Å²) < 4.78 is 44.7. The molecule has 1 aliphatic heterocycles. The molecule has 1 saturated heterocycles. The van der Waals surface area contributed by atoms with E-state index in [1.807, 2.05) is 13.0 Å². The number of halogens is 3. The number of benzene rings is 1. The fourth-order valence-electron chi connectivity index (χ4n) is 6.36. The van der Waals surface area contributed by atoms with Crippen molar-refractivity contribution in [3.63, 3.8) is 0 Å². The minimum absolute atomic E-state index is 0.0830. The molecule has 2 aromatic rings. The van der Waals surface area contributed by atoms with Gasteiger partial charge in [0.2, 0.25) is 0 Å². The standard InChI is InChI=1S/C27H28F3NO3/c1-15-25-21(20-6-3-7-24(32)22(20)13-23(25)26(33)34-15)11-10-19-9-8-17(14-31-19)16-4-2-5-18(12-16)27(28,29)30/h2,4-5,8-12,14-15,20-25,32H,3,6-7,13H2,1H3/b11-10+/t15-,20+,21+,22+,23-,24+,25+/m1/s1. The normalized spacial score (nSPS) is 33.4. The lowest BCUT2D eigenvalue weighted by Gasteiger charge is -2.47. The van der Waals surface area contributed by atoms with E-state index in [9.17, 15) is 23.1 Å². The molecule has 4 nitrogen and oxygen atoms in total. The van der Waals surface area contributed by atoms with Crippen LogP contribution in [0.1, 0.15) is 43.9 Å². The van der Waals surface area contributed by atoms with Crippen molar-refractivity contribution in [2.75, 3.05) is 0 Å². The Balaban J connectivity index is 1.39. The highest BCUT2D eigenvalue weighted by Crippen LogP contribution is 2.53. The quantitative estimate of drug-likeness (QED) is 0.579. The van der Waals surface area contributed by atoms with Crippen LogP contribution in [0.2, 0.25) is 0 Å². The van der Waals surface area contributed by atoms with Gasteiger partial charge in [-0.1, -0.05) is 30.7 Å². The molecule has 0 bridgehead atoms. The number of ether oxygens (including phenoxy) is 1. The molecule has 5 rings (SSSR count). The lowest BCUT2D eigenvalue weighted by atomic mass is 9.56. The summed E-state index contributed by atoms with van der Waals surface area (Å²) in [7, 11) is 0. The highest BCUT2D eigenvalue weighted by molar-refractivity contribution is 5.75. The Bertz CT molecular complexity index is 1080. The number of nitrogens with zero attached hydrogens (tertiary/aromatic N) is 1. The van der Waals surface area contributed by atoms with Gasteiger partial charge in [0.1, 0.15) is 6.10 Å². The van der Waals surface area contributed by atoms with Gasteiger partial charge in [0.25, 0.3) is 0 Å². The van der Waals surface area contributed by atoms with Crippen LogP contribution in [0.4, 0.5) is 13.2 Å². The molecule has 0 amide bonds. The highest BCUT2D eigenvalue weighted by Gasteiger charge is 2.55. The lowest BCUT2D eigenvalue weighted by molar-refractivity contribution is -0.145. The van der Waals surface area contributed by atoms with E-state index < -0.39 is 11.7 Å². The molecule has 34 heavy (non-hydrogen) atoms. The van der Waals surface area contributed by atoms with Crippen molar-refractivity contribution in [3.8, 4) is 11.1 Å². The Morgan fingerprint density at radius 1 is 1.12 bits per heavy atom. The second-order valence-electron chi connectivity index (χ2n) is 9.87. The van der Waals surface area contributed by atoms with Gasteiger partial charge >= 0.3 is 12.1 Å². The molecule has 0 unspecified atom stereocenters. The van der Waals surface area contributed by atoms with Gasteiger partial charge in [0.05, 0.1) is 23.3 Å². The number of aromatic nitrogens is 1. The SMILES string of the molecule is C[C@H]1OC(=O)[C@@H]2C[C@H]3[C@@H](CCC[C@@H]3O)[C@H](/C=C/c3ccc(-c4cccc(C(F)(F)F)c4)cn3)[C@H]12. The van der Waals surface area contributed by atoms with Crippen molar-refractivity contribution < 1.29 is 27.8 Å². The molecular formula is C27H28F3NO3. The van der Waals surface area contributed by atoms with Crippen LogP contribution in [0.15, 0.2) is 48.7 Å². The molecule has 7 atom stereocenters. The summed E-state index contributed by atoms with van der Waals surface area (Å²) in [5.41, 5.74) is 1.08. The summed E-state index contributed by atoms with van der Waals surface area (Å²) >= 11 is 0. The van der Waals surface area contributed by atoms with Crippen LogP contribution in [0, 0.1) is 29.6 Å². The predicted octanol–water partition coefficient (Wildman–Crippen LogP) is 5.76. The largest absolute Gasteiger partial charge is 0.462 e. The molecule has 2 saturated carbocycles. The van der Waals surface area contributed by atoms with Crippen LogP contribution < -0.4 is 0 Å². The lowest BCUT2D eigenvalue weighted by Crippen LogP contribution is -2.47. The number of alkyl halides is 3. The third-order valence-corrected chi connectivity index (χ3v) is 7.96. The number of rotatable bonds is 3. The summed E-state index contributed by atoms with van der Waals surface area (Å²) in [5, 5.41) is 10.6. The maximum absolute atomic E-state index is 13.0. The molecule has 2 aliphatic carbocycles. The van der Waals surface area contributed by atoms with Crippen molar-refractivity contribution in [3.05, 3.63) is 59.9 Å². The second kappa shape index (κ2) is 8.84. The highest BCUT2D eigenvalue weighted by atomic mass is 19.4. The van der Waals surface area contributed by atoms with Crippen LogP contribution in [-0.4, -0.2) is 28.3 Å². The molecule has 0 radical (unpaired) electrons. The van der Waals surface area contributed by atoms with E-state index in [0.29, 0.717) is 29.2 Å². The molecule has 1 aromatic heterocycles. The number of hydrogen-bond donors (Lipinski definition) is 1. The van der Waals surface area contributed by atoms with Crippen LogP contribution in [0.5, 0.6) is 0 Å². The van der Waals surface area contributed by atoms with Gasteiger partial charge in [-0.15, -0.1) is 0 Å². The summed E-state index contributed by atoms with van der Waals surface area (Å²) in [6.07, 6.45) is 4.13. The molecule has 3 aliphatic rings. The Labute approximate surface area is 196 Å². The number of aliphatic hydroxyl groups is 1. The van der Waals surface area contributed by atoms with E-state index in [0.717, 1.165) is 31.4 Å². The van der Waals surface area contributed by atoms with Gasteiger partial charge in [0.15, 0.2) is 0 Å². The number of esters is 1. The summed E-state index contributed by atoms with van der Waals surface area (Å²) in [6, 6.07) is 8.77. The molecule has 3 fully saturated rings. The first-order chi connectivity index (χ1) is 16.2. The first-order valence-corrected chi connectivity index (χ1v) is 11.9. The van der Waals surface area contributed by atoms with E-state index in [1.54, 1.807) is 24.4 Å². The third-order valence-electron chi connectivity index (χ3n) is 7.96. The van der Waals surface area contributed by atoms with Crippen molar-refractivity contribution >= 4 is 12.0 Å². The van der Waals surface area contributed by atoms with Gasteiger partial charge in [-0.2, -0.15) is 13.2 Å². The number of carbonyl (C=O) groups excluding carboxylic acids is 1. The van der Waals surface area contributed by atoms with Crippen LogP contribution in [0.3, 0.4) is 0 Å². The van der Waals surface area contributed by atoms with Crippen molar-refractivity contribution in [2.45, 2.75) is 51.0 Å². The fraction of sp³-hybridized carbons (Fsp3) is 0.481. The van der Waals surface area contributed by atoms with Crippen LogP contribution >= 0.6 is 0 Å². The van der Waals surface area contributed by atoms with Crippen molar-refractivity contribution in [2.24, 2.45) is 29.6 Å². The summed E-state index contributed by atoms with van der Waals surface area (Å²) in [5.74, 6) is 0.233. The Morgan fingerprint density at radius 3 is 2.68 bits per heavy atom. The summed E-state index contributed by atoms with van der Waals surface area (Å²) in [4.78, 5) is 16.9. The maximum atomic E-state index is 13.0. The molecule has 7 heteroatoms. The van der Waals surface area contributed by atoms with Gasteiger partial charge in [-0.3, -0.25) is 9.78 Å². The molecule has 0 spiro atoms. The Kier molecular flexibility index (Phi) is 6.00. The number of aliphatic hydroxyl groups excluding tert-OH is 1. The van der Waals surface area contributed by atoms with E-state index in [4.69, 9.17) is 4.74 Å². The van der Waals surface area contributed by atoms with Crippen LogP contribution in [-0.2, 0) is 15.7 Å². The average Bonchev–Trinajstić information content (AvgIpc) is 3.10. The number of carbonyl (C=O) groups is 1. The first-order valence-electron chi connectivity index (χ1n) is 11.9. The van der Waals surface area contributed by atoms with Gasteiger partial charge < -0.3 is 9.84 Å². The zero-order valence-corrected chi connectivity index (χ0v) is 18.9. The third kappa shape index (κ3) is 4.26. The van der Waals surface area contributed by atoms with E-state index in [-0.39, 0.29) is 41.8 Å². The molecule has 1 N–H and O–H groups in total. The van der Waals surface area contributed by atoms with Crippen LogP contribution in [0.25, 0.3) is 17.2 Å². The monoisotopic (exact) mass is 471 g/mol. The molecule has 180 valence electrons. The molecule has 2 heterocycles. The topological polar surface area (TPSA) is 59.4 Å². The number of fused-ring (bicyclic) bond motifs is 2. The second-order valence-corrected chi connectivity index (χ2v) is 9.87. The van der Waals surface area contributed by atoms with E-state index >= 15 is 0 Å². The van der Waals surface area contributed by atoms with Crippen molar-refractivity contribution in [1.29, 1.82) is 0 Å². The Morgan fingerprint density at radius 2 is 1.94 bits per heavy atom. The van der Waals surface area contributed by atoms with E-state index in [1.165, 1.54) is 6.07 Å². The first kappa shape index (κ1) is 23.1. The zero-order chi connectivity index (χ0) is 24.0. The number of hydrogen-bond acceptors (Lipinski definition) is 4. The predicted molar refractivity (Wildman–Crippen MR) is 121 cm³/mol. The van der Waals surface area contributed by atoms with Gasteiger partial charge in [-0.25, -0.2) is 0 Å². The van der Waals surface area contributed by atoms with Crippen molar-refractivity contribution in [1.82, 2.24) is 4.98 Å². The minimum Gasteiger partial charge on any atom is -0.462 e. The van der Waals surface area contributed by atoms with E-state index in [2.05, 4.69) is 11.1 Å². The Hall–Kier alpha value is -2.67. The molecular weight excluding hydrogens is 443 g/mol. The zero-order valence-electron chi connectivity index (χ0n) is 18.9. The van der Waals surface area contributed by atoms with Gasteiger partial charge in [-0.05, 0) is 73.8 Å². The maximum Gasteiger partial charge on any atom is 0.416 e. The smallest absolute Gasteiger partial charge is 0.416 e. The summed E-state index contributed by atoms with van der Waals surface area (Å²) in [6.45, 7) is 1.95. The number of allylic oxidation sites excluding steroid dienone is 1. The number of cyclic esters (lactones) is 1. The average molecular weight is 472 g/mol.